The second kappa shape index (κ2) is 7.08. The summed E-state index contributed by atoms with van der Waals surface area (Å²) in [6.07, 6.45) is 0.412. The number of hydrogen-bond donors (Lipinski definition) is 1. The fourth-order valence-corrected chi connectivity index (χ4v) is 3.43. The van der Waals surface area contributed by atoms with Gasteiger partial charge in [0.15, 0.2) is 5.78 Å². The Bertz CT molecular complexity index is 930. The summed E-state index contributed by atoms with van der Waals surface area (Å²) >= 11 is 6.21. The van der Waals surface area contributed by atoms with Crippen molar-refractivity contribution in [3.8, 4) is 11.1 Å². The molecule has 1 aromatic rings. The average Bonchev–Trinajstić information content (AvgIpc) is 2.72. The molecular weight excluding hydrogens is 336 g/mol. The molecule has 0 aliphatic heterocycles. The minimum absolute atomic E-state index is 0.0261. The first-order chi connectivity index (χ1) is 12.0. The zero-order chi connectivity index (χ0) is 18.0. The molecule has 0 unspecified atom stereocenters. The summed E-state index contributed by atoms with van der Waals surface area (Å²) in [7, 11) is 0. The number of carboxylic acid groups (broad SMARTS) is 1. The maximum Gasteiger partial charge on any atom is 0.303 e. The van der Waals surface area contributed by atoms with Crippen LogP contribution in [0.25, 0.3) is 11.1 Å². The predicted octanol–water partition coefficient (Wildman–Crippen LogP) is 5.00. The van der Waals surface area contributed by atoms with E-state index in [0.717, 1.165) is 22.3 Å². The quantitative estimate of drug-likeness (QED) is 0.657. The second-order valence-electron chi connectivity index (χ2n) is 5.92. The molecule has 3 rings (SSSR count). The highest BCUT2D eigenvalue weighted by Crippen LogP contribution is 2.38. The predicted molar refractivity (Wildman–Crippen MR) is 98.6 cm³/mol. The Morgan fingerprint density at radius 1 is 0.960 bits per heavy atom. The van der Waals surface area contributed by atoms with Crippen molar-refractivity contribution in [1.82, 2.24) is 0 Å². The Morgan fingerprint density at radius 3 is 2.28 bits per heavy atom. The standard InChI is InChI=1S/C21H17ClO3/c1-13-14(11-12-19(23)24)15-7-3-2-4-8-16(15)20(13)21(25)17-9-5-6-10-18(17)22/h2-10H,11-12H2,1H3,(H,23,24). The molecule has 126 valence electrons. The van der Waals surface area contributed by atoms with Gasteiger partial charge in [0.25, 0.3) is 0 Å². The van der Waals surface area contributed by atoms with Gasteiger partial charge >= 0.3 is 5.97 Å². The summed E-state index contributed by atoms with van der Waals surface area (Å²) < 4.78 is 0. The van der Waals surface area contributed by atoms with Crippen LogP contribution in [0.2, 0.25) is 5.02 Å². The number of halogens is 1. The van der Waals surface area contributed by atoms with Crippen molar-refractivity contribution < 1.29 is 14.7 Å². The van der Waals surface area contributed by atoms with Gasteiger partial charge in [0.05, 0.1) is 5.02 Å². The van der Waals surface area contributed by atoms with Crippen molar-refractivity contribution in [2.45, 2.75) is 19.8 Å². The number of rotatable bonds is 5. The Labute approximate surface area is 151 Å². The maximum absolute atomic E-state index is 13.2. The minimum Gasteiger partial charge on any atom is -0.481 e. The van der Waals surface area contributed by atoms with Crippen LogP contribution in [0.15, 0.2) is 54.6 Å². The highest BCUT2D eigenvalue weighted by atomic mass is 35.5. The van der Waals surface area contributed by atoms with Crippen molar-refractivity contribution in [1.29, 1.82) is 0 Å². The fraction of sp³-hybridized carbons (Fsp3) is 0.143. The summed E-state index contributed by atoms with van der Waals surface area (Å²) in [6, 6.07) is 16.5. The smallest absolute Gasteiger partial charge is 0.303 e. The normalized spacial score (nSPS) is 10.8. The molecule has 0 aromatic heterocycles. The zero-order valence-corrected chi connectivity index (χ0v) is 14.5. The molecule has 2 aliphatic rings. The molecule has 3 nitrogen and oxygen atoms in total. The molecule has 0 radical (unpaired) electrons. The third kappa shape index (κ3) is 3.28. The largest absolute Gasteiger partial charge is 0.481 e. The molecule has 0 fully saturated rings. The van der Waals surface area contributed by atoms with E-state index < -0.39 is 5.97 Å². The molecule has 0 saturated carbocycles. The Hall–Kier alpha value is -2.65. The van der Waals surface area contributed by atoms with Crippen LogP contribution < -0.4 is 0 Å². The van der Waals surface area contributed by atoms with E-state index in [0.29, 0.717) is 22.6 Å². The first-order valence-electron chi connectivity index (χ1n) is 8.02. The van der Waals surface area contributed by atoms with Crippen LogP contribution in [0.5, 0.6) is 0 Å². The highest BCUT2D eigenvalue weighted by molar-refractivity contribution is 6.35. The lowest BCUT2D eigenvalue weighted by atomic mass is 9.99. The maximum atomic E-state index is 13.2. The number of carboxylic acids is 1. The van der Waals surface area contributed by atoms with Crippen LogP contribution >= 0.6 is 11.6 Å². The van der Waals surface area contributed by atoms with Crippen molar-refractivity contribution >= 4 is 23.4 Å². The third-order valence-electron chi connectivity index (χ3n) is 4.39. The summed E-state index contributed by atoms with van der Waals surface area (Å²) in [4.78, 5) is 24.2. The number of fused-ring (bicyclic) bond motifs is 1. The topological polar surface area (TPSA) is 54.4 Å². The molecule has 25 heavy (non-hydrogen) atoms. The van der Waals surface area contributed by atoms with Crippen LogP contribution in [0, 0.1) is 6.92 Å². The fourth-order valence-electron chi connectivity index (χ4n) is 3.21. The summed E-state index contributed by atoms with van der Waals surface area (Å²) in [5.74, 6) is -0.992. The van der Waals surface area contributed by atoms with Crippen LogP contribution in [0.3, 0.4) is 0 Å². The van der Waals surface area contributed by atoms with Gasteiger partial charge in [0.1, 0.15) is 0 Å². The molecule has 0 amide bonds. The van der Waals surface area contributed by atoms with E-state index in [2.05, 4.69) is 0 Å². The molecule has 4 heteroatoms. The Morgan fingerprint density at radius 2 is 1.60 bits per heavy atom. The second-order valence-corrected chi connectivity index (χ2v) is 6.33. The molecular formula is C21H17ClO3. The Balaban J connectivity index is 2.19. The number of benzene rings is 1. The van der Waals surface area contributed by atoms with E-state index in [1.807, 2.05) is 37.3 Å². The van der Waals surface area contributed by atoms with Gasteiger partial charge in [0.2, 0.25) is 0 Å². The van der Waals surface area contributed by atoms with E-state index in [4.69, 9.17) is 16.7 Å². The molecule has 0 saturated heterocycles. The van der Waals surface area contributed by atoms with Crippen molar-refractivity contribution in [3.63, 3.8) is 0 Å². The van der Waals surface area contributed by atoms with E-state index in [9.17, 15) is 9.59 Å². The van der Waals surface area contributed by atoms with Gasteiger partial charge in [-0.25, -0.2) is 0 Å². The van der Waals surface area contributed by atoms with Gasteiger partial charge in [-0.05, 0) is 47.7 Å². The van der Waals surface area contributed by atoms with Gasteiger partial charge in [-0.3, -0.25) is 9.59 Å². The molecule has 0 heterocycles. The van der Waals surface area contributed by atoms with Crippen LogP contribution in [-0.4, -0.2) is 16.9 Å². The molecule has 0 spiro atoms. The highest BCUT2D eigenvalue weighted by Gasteiger charge is 2.26. The summed E-state index contributed by atoms with van der Waals surface area (Å²) in [6.45, 7) is 1.88. The number of ketones is 1. The van der Waals surface area contributed by atoms with E-state index >= 15 is 0 Å². The number of aliphatic carboxylic acids is 1. The first kappa shape index (κ1) is 17.2. The number of carbonyl (C=O) groups excluding carboxylic acids is 1. The molecule has 1 aromatic carbocycles. The van der Waals surface area contributed by atoms with Gasteiger partial charge in [-0.15, -0.1) is 0 Å². The van der Waals surface area contributed by atoms with Crippen molar-refractivity contribution in [3.05, 3.63) is 81.9 Å². The lowest BCUT2D eigenvalue weighted by Crippen LogP contribution is -2.04. The SMILES string of the molecule is Cc1c(CCC(=O)O)c2cccccc-2c1C(=O)c1ccccc1Cl. The molecule has 1 N–H and O–H groups in total. The third-order valence-corrected chi connectivity index (χ3v) is 4.72. The summed E-state index contributed by atoms with van der Waals surface area (Å²) in [5.41, 5.74) is 4.53. The number of carbonyl (C=O) groups is 2. The van der Waals surface area contributed by atoms with Crippen LogP contribution in [0.4, 0.5) is 0 Å². The monoisotopic (exact) mass is 352 g/mol. The number of hydrogen-bond acceptors (Lipinski definition) is 2. The van der Waals surface area contributed by atoms with Crippen molar-refractivity contribution in [2.75, 3.05) is 0 Å². The average molecular weight is 353 g/mol. The molecule has 2 aliphatic carbocycles. The zero-order valence-electron chi connectivity index (χ0n) is 13.8. The first-order valence-corrected chi connectivity index (χ1v) is 8.39. The minimum atomic E-state index is -0.854. The lowest BCUT2D eigenvalue weighted by molar-refractivity contribution is -0.136. The van der Waals surface area contributed by atoms with Gasteiger partial charge in [0, 0.05) is 17.5 Å². The van der Waals surface area contributed by atoms with Crippen molar-refractivity contribution in [2.24, 2.45) is 0 Å². The van der Waals surface area contributed by atoms with E-state index in [1.54, 1.807) is 24.3 Å². The lowest BCUT2D eigenvalue weighted by Gasteiger charge is -2.05. The van der Waals surface area contributed by atoms with E-state index in [1.165, 1.54) is 0 Å². The molecule has 0 atom stereocenters. The van der Waals surface area contributed by atoms with Crippen LogP contribution in [-0.2, 0) is 11.2 Å². The van der Waals surface area contributed by atoms with E-state index in [-0.39, 0.29) is 12.2 Å². The van der Waals surface area contributed by atoms with Gasteiger partial charge < -0.3 is 5.11 Å². The van der Waals surface area contributed by atoms with Crippen LogP contribution in [0.1, 0.15) is 33.5 Å². The van der Waals surface area contributed by atoms with Gasteiger partial charge in [-0.1, -0.05) is 54.1 Å². The Kier molecular flexibility index (Phi) is 4.86. The summed E-state index contributed by atoms with van der Waals surface area (Å²) in [5, 5.41) is 9.44. The van der Waals surface area contributed by atoms with Gasteiger partial charge in [-0.2, -0.15) is 0 Å². The molecule has 0 bridgehead atoms.